The lowest BCUT2D eigenvalue weighted by atomic mass is 9.84. The number of amides is 2. The second kappa shape index (κ2) is 8.96. The fraction of sp³-hybridized carbons (Fsp3) is 0.750. The van der Waals surface area contributed by atoms with Gasteiger partial charge in [-0.15, -0.1) is 0 Å². The van der Waals surface area contributed by atoms with Gasteiger partial charge in [-0.05, 0) is 44.9 Å². The van der Waals surface area contributed by atoms with Crippen LogP contribution < -0.4 is 5.56 Å². The molecule has 0 unspecified atom stereocenters. The second-order valence-electron chi connectivity index (χ2n) is 10.0. The van der Waals surface area contributed by atoms with Gasteiger partial charge in [-0.3, -0.25) is 14.4 Å². The molecule has 5 rings (SSSR count). The average Bonchev–Trinajstić information content (AvgIpc) is 3.27. The fourth-order valence-corrected chi connectivity index (χ4v) is 5.78. The van der Waals surface area contributed by atoms with E-state index < -0.39 is 0 Å². The van der Waals surface area contributed by atoms with Gasteiger partial charge in [0.15, 0.2) is 0 Å². The fourth-order valence-electron chi connectivity index (χ4n) is 5.78. The molecule has 0 radical (unpaired) electrons. The second-order valence-corrected chi connectivity index (χ2v) is 10.0. The Labute approximate surface area is 188 Å². The maximum Gasteiger partial charge on any atom is 0.254 e. The number of carbonyl (C=O) groups is 2. The number of fused-ring (bicyclic) bond motifs is 1. The SMILES string of the molecule is CO[C@H]1CCC[C@@H](C(=O)N2CC[C@H](c3nc4c(c(=O)[nH]3)CCN(C(=O)C3CCC3)C4)C2)C1. The van der Waals surface area contributed by atoms with Crippen LogP contribution in [0.1, 0.15) is 74.4 Å². The Morgan fingerprint density at radius 3 is 2.50 bits per heavy atom. The first kappa shape index (κ1) is 21.6. The molecule has 3 atom stereocenters. The number of nitrogens with zero attached hydrogens (tertiary/aromatic N) is 3. The van der Waals surface area contributed by atoms with E-state index in [-0.39, 0.29) is 41.2 Å². The summed E-state index contributed by atoms with van der Waals surface area (Å²) in [6, 6.07) is 0. The highest BCUT2D eigenvalue weighted by molar-refractivity contribution is 5.80. The van der Waals surface area contributed by atoms with Crippen molar-refractivity contribution in [3.63, 3.8) is 0 Å². The molecule has 8 heteroatoms. The number of likely N-dealkylation sites (tertiary alicyclic amines) is 1. The molecular formula is C24H34N4O4. The predicted molar refractivity (Wildman–Crippen MR) is 118 cm³/mol. The van der Waals surface area contributed by atoms with E-state index in [2.05, 4.69) is 4.98 Å². The van der Waals surface area contributed by atoms with Gasteiger partial charge < -0.3 is 19.5 Å². The summed E-state index contributed by atoms with van der Waals surface area (Å²) < 4.78 is 5.49. The van der Waals surface area contributed by atoms with Crippen LogP contribution in [0.25, 0.3) is 0 Å². The zero-order chi connectivity index (χ0) is 22.2. The highest BCUT2D eigenvalue weighted by Crippen LogP contribution is 2.32. The van der Waals surface area contributed by atoms with Crippen molar-refractivity contribution >= 4 is 11.8 Å². The number of rotatable bonds is 4. The predicted octanol–water partition coefficient (Wildman–Crippen LogP) is 1.98. The topological polar surface area (TPSA) is 95.6 Å². The van der Waals surface area contributed by atoms with Crippen LogP contribution in [0.4, 0.5) is 0 Å². The van der Waals surface area contributed by atoms with Gasteiger partial charge in [0.25, 0.3) is 5.56 Å². The van der Waals surface area contributed by atoms with Crippen molar-refractivity contribution in [3.8, 4) is 0 Å². The van der Waals surface area contributed by atoms with Crippen molar-refractivity contribution in [3.05, 3.63) is 27.4 Å². The Hall–Kier alpha value is -2.22. The molecule has 32 heavy (non-hydrogen) atoms. The lowest BCUT2D eigenvalue weighted by Gasteiger charge is -2.34. The van der Waals surface area contributed by atoms with Gasteiger partial charge in [0.2, 0.25) is 11.8 Å². The van der Waals surface area contributed by atoms with Crippen molar-refractivity contribution < 1.29 is 14.3 Å². The Morgan fingerprint density at radius 1 is 1.00 bits per heavy atom. The first-order chi connectivity index (χ1) is 15.5. The van der Waals surface area contributed by atoms with Crippen molar-refractivity contribution in [1.29, 1.82) is 0 Å². The molecule has 2 aliphatic heterocycles. The smallest absolute Gasteiger partial charge is 0.254 e. The molecule has 1 aromatic rings. The summed E-state index contributed by atoms with van der Waals surface area (Å²) in [5.74, 6) is 1.33. The summed E-state index contributed by atoms with van der Waals surface area (Å²) in [6.45, 7) is 2.32. The molecule has 1 aromatic heterocycles. The Bertz CT molecular complexity index is 940. The van der Waals surface area contributed by atoms with E-state index in [1.165, 1.54) is 0 Å². The van der Waals surface area contributed by atoms with Crippen LogP contribution in [0, 0.1) is 11.8 Å². The molecule has 3 fully saturated rings. The quantitative estimate of drug-likeness (QED) is 0.769. The minimum Gasteiger partial charge on any atom is -0.381 e. The van der Waals surface area contributed by atoms with Gasteiger partial charge in [0.05, 0.1) is 18.3 Å². The van der Waals surface area contributed by atoms with Gasteiger partial charge in [-0.25, -0.2) is 4.98 Å². The van der Waals surface area contributed by atoms with Crippen LogP contribution in [-0.4, -0.2) is 64.4 Å². The maximum absolute atomic E-state index is 13.1. The van der Waals surface area contributed by atoms with E-state index in [9.17, 15) is 14.4 Å². The Balaban J connectivity index is 1.27. The van der Waals surface area contributed by atoms with E-state index in [0.717, 1.165) is 57.1 Å². The normalized spacial score (nSPS) is 28.3. The zero-order valence-electron chi connectivity index (χ0n) is 19.0. The van der Waals surface area contributed by atoms with Crippen LogP contribution in [0.15, 0.2) is 4.79 Å². The number of hydrogen-bond acceptors (Lipinski definition) is 5. The van der Waals surface area contributed by atoms with Crippen molar-refractivity contribution in [1.82, 2.24) is 19.8 Å². The van der Waals surface area contributed by atoms with Gasteiger partial charge in [-0.1, -0.05) is 12.8 Å². The van der Waals surface area contributed by atoms with E-state index >= 15 is 0 Å². The van der Waals surface area contributed by atoms with Gasteiger partial charge in [0.1, 0.15) is 5.82 Å². The summed E-state index contributed by atoms with van der Waals surface area (Å²) in [5.41, 5.74) is 1.37. The molecule has 8 nitrogen and oxygen atoms in total. The molecule has 0 aromatic carbocycles. The van der Waals surface area contributed by atoms with Gasteiger partial charge >= 0.3 is 0 Å². The minimum absolute atomic E-state index is 0.0362. The summed E-state index contributed by atoms with van der Waals surface area (Å²) in [5, 5.41) is 0. The maximum atomic E-state index is 13.1. The average molecular weight is 443 g/mol. The number of ether oxygens (including phenoxy) is 1. The largest absolute Gasteiger partial charge is 0.381 e. The molecule has 1 saturated heterocycles. The number of nitrogens with one attached hydrogen (secondary N) is 1. The highest BCUT2D eigenvalue weighted by Gasteiger charge is 2.36. The summed E-state index contributed by atoms with van der Waals surface area (Å²) in [4.78, 5) is 50.2. The van der Waals surface area contributed by atoms with Crippen LogP contribution in [0.2, 0.25) is 0 Å². The molecule has 0 bridgehead atoms. The number of aromatic nitrogens is 2. The summed E-state index contributed by atoms with van der Waals surface area (Å²) in [6.07, 6.45) is 8.43. The van der Waals surface area contributed by atoms with Crippen LogP contribution in [-0.2, 0) is 27.3 Å². The molecular weight excluding hydrogens is 408 g/mol. The van der Waals surface area contributed by atoms with Crippen LogP contribution in [0.3, 0.4) is 0 Å². The first-order valence-corrected chi connectivity index (χ1v) is 12.3. The van der Waals surface area contributed by atoms with Crippen molar-refractivity contribution in [2.24, 2.45) is 11.8 Å². The lowest BCUT2D eigenvalue weighted by Crippen LogP contribution is -2.43. The summed E-state index contributed by atoms with van der Waals surface area (Å²) >= 11 is 0. The molecule has 0 spiro atoms. The number of aromatic amines is 1. The van der Waals surface area contributed by atoms with Crippen LogP contribution >= 0.6 is 0 Å². The molecule has 3 heterocycles. The molecule has 2 amide bonds. The van der Waals surface area contributed by atoms with E-state index in [0.29, 0.717) is 44.0 Å². The molecule has 2 saturated carbocycles. The molecule has 1 N–H and O–H groups in total. The van der Waals surface area contributed by atoms with Crippen LogP contribution in [0.5, 0.6) is 0 Å². The van der Waals surface area contributed by atoms with Crippen molar-refractivity contribution in [2.75, 3.05) is 26.7 Å². The molecule has 2 aliphatic carbocycles. The zero-order valence-corrected chi connectivity index (χ0v) is 19.0. The number of methoxy groups -OCH3 is 1. The third-order valence-electron chi connectivity index (χ3n) is 8.05. The Kier molecular flexibility index (Phi) is 6.05. The number of H-pyrrole nitrogens is 1. The standard InChI is InChI=1S/C24H34N4O4/c1-32-18-7-3-6-16(12-18)24(31)27-10-8-17(13-27)21-25-20-14-28(23(30)15-4-2-5-15)11-9-19(20)22(29)26-21/h15-18H,2-14H2,1H3,(H,25,26,29)/t16-,17+,18+/m1/s1. The van der Waals surface area contributed by atoms with E-state index in [4.69, 9.17) is 9.72 Å². The lowest BCUT2D eigenvalue weighted by molar-refractivity contribution is -0.139. The first-order valence-electron chi connectivity index (χ1n) is 12.3. The molecule has 4 aliphatic rings. The summed E-state index contributed by atoms with van der Waals surface area (Å²) in [7, 11) is 1.72. The third kappa shape index (κ3) is 4.09. The number of carbonyl (C=O) groups excluding carboxylic acids is 2. The van der Waals surface area contributed by atoms with Crippen molar-refractivity contribution in [2.45, 2.75) is 76.4 Å². The highest BCUT2D eigenvalue weighted by atomic mass is 16.5. The number of hydrogen-bond donors (Lipinski definition) is 1. The van der Waals surface area contributed by atoms with Gasteiger partial charge in [-0.2, -0.15) is 0 Å². The Morgan fingerprint density at radius 2 is 1.75 bits per heavy atom. The third-order valence-corrected chi connectivity index (χ3v) is 8.05. The molecule has 174 valence electrons. The minimum atomic E-state index is -0.0827. The monoisotopic (exact) mass is 442 g/mol. The van der Waals surface area contributed by atoms with Gasteiger partial charge in [0, 0.05) is 50.1 Å². The van der Waals surface area contributed by atoms with E-state index in [1.54, 1.807) is 7.11 Å². The van der Waals surface area contributed by atoms with E-state index in [1.807, 2.05) is 9.80 Å².